The van der Waals surface area contributed by atoms with Gasteiger partial charge >= 0.3 is 0 Å². The van der Waals surface area contributed by atoms with Crippen molar-refractivity contribution in [3.05, 3.63) is 45.4 Å². The predicted molar refractivity (Wildman–Crippen MR) is 98.4 cm³/mol. The Kier molecular flexibility index (Phi) is 4.33. The Bertz CT molecular complexity index is 1020. The number of nitrogens with one attached hydrogen (secondary N) is 1. The first-order valence-electron chi connectivity index (χ1n) is 8.50. The smallest absolute Gasteiger partial charge is 0.216 e. The van der Waals surface area contributed by atoms with E-state index in [0.29, 0.717) is 10.6 Å². The molecule has 4 rings (SSSR count). The van der Waals surface area contributed by atoms with Gasteiger partial charge in [0.25, 0.3) is 0 Å². The molecule has 1 aliphatic rings. The van der Waals surface area contributed by atoms with E-state index < -0.39 is 0 Å². The predicted octanol–water partition coefficient (Wildman–Crippen LogP) is 3.38. The van der Waals surface area contributed by atoms with E-state index in [-0.39, 0.29) is 6.10 Å². The third-order valence-corrected chi connectivity index (χ3v) is 4.78. The Balaban J connectivity index is 1.68. The van der Waals surface area contributed by atoms with Crippen molar-refractivity contribution in [2.24, 2.45) is 5.10 Å². The third-order valence-electron chi connectivity index (χ3n) is 4.52. The second-order valence-corrected chi connectivity index (χ2v) is 6.79. The first-order chi connectivity index (χ1) is 12.5. The molecule has 9 heteroatoms. The first-order valence-corrected chi connectivity index (χ1v) is 8.91. The number of rotatable bonds is 4. The fourth-order valence-corrected chi connectivity index (χ4v) is 3.44. The molecule has 1 fully saturated rings. The molecule has 8 nitrogen and oxygen atoms in total. The number of H-pyrrole nitrogens is 1. The van der Waals surface area contributed by atoms with Crippen LogP contribution in [-0.4, -0.2) is 37.4 Å². The zero-order chi connectivity index (χ0) is 18.3. The van der Waals surface area contributed by atoms with Gasteiger partial charge in [0.05, 0.1) is 6.21 Å². The Hall–Kier alpha value is -2.52. The normalized spacial score (nSPS) is 17.6. The minimum absolute atomic E-state index is 0.0642. The van der Waals surface area contributed by atoms with Gasteiger partial charge < -0.3 is 9.26 Å². The molecule has 0 saturated carbocycles. The quantitative estimate of drug-likeness (QED) is 0.560. The summed E-state index contributed by atoms with van der Waals surface area (Å²) >= 11 is 5.31. The van der Waals surface area contributed by atoms with E-state index in [1.54, 1.807) is 10.9 Å². The lowest BCUT2D eigenvalue weighted by Crippen LogP contribution is -2.05. The molecule has 0 unspecified atom stereocenters. The highest BCUT2D eigenvalue weighted by Gasteiger charge is 2.23. The molecular weight excluding hydrogens is 352 g/mol. The van der Waals surface area contributed by atoms with Crippen LogP contribution in [0.25, 0.3) is 5.82 Å². The molecule has 0 amide bonds. The SMILES string of the molecule is Cc1cc(-n2c(C)cc(/C=N\n3c([C@H]4CCCO4)n[nH]c3=S)c2C)no1. The van der Waals surface area contributed by atoms with E-state index in [2.05, 4.69) is 26.5 Å². The van der Waals surface area contributed by atoms with E-state index >= 15 is 0 Å². The van der Waals surface area contributed by atoms with Crippen molar-refractivity contribution in [3.8, 4) is 5.82 Å². The molecule has 1 aliphatic heterocycles. The third kappa shape index (κ3) is 2.93. The molecule has 3 aromatic rings. The zero-order valence-corrected chi connectivity index (χ0v) is 15.7. The number of ether oxygens (including phenoxy) is 1. The number of aromatic nitrogens is 5. The summed E-state index contributed by atoms with van der Waals surface area (Å²) in [7, 11) is 0. The highest BCUT2D eigenvalue weighted by atomic mass is 32.1. The number of hydrogen-bond donors (Lipinski definition) is 1. The number of hydrogen-bond acceptors (Lipinski definition) is 6. The number of nitrogens with zero attached hydrogens (tertiary/aromatic N) is 5. The molecule has 1 atom stereocenters. The Morgan fingerprint density at radius 2 is 2.19 bits per heavy atom. The van der Waals surface area contributed by atoms with E-state index in [1.807, 2.05) is 31.4 Å². The van der Waals surface area contributed by atoms with Crippen molar-refractivity contribution < 1.29 is 9.26 Å². The summed E-state index contributed by atoms with van der Waals surface area (Å²) < 4.78 is 15.0. The van der Waals surface area contributed by atoms with Crippen LogP contribution in [0.15, 0.2) is 21.8 Å². The van der Waals surface area contributed by atoms with Crippen molar-refractivity contribution in [2.45, 2.75) is 39.7 Å². The van der Waals surface area contributed by atoms with Crippen molar-refractivity contribution >= 4 is 18.4 Å². The van der Waals surface area contributed by atoms with Gasteiger partial charge in [-0.2, -0.15) is 14.9 Å². The van der Waals surface area contributed by atoms with Gasteiger partial charge in [-0.05, 0) is 51.9 Å². The fourth-order valence-electron chi connectivity index (χ4n) is 3.25. The molecule has 3 aromatic heterocycles. The number of aryl methyl sites for hydroxylation is 2. The molecular formula is C17H20N6O2S. The summed E-state index contributed by atoms with van der Waals surface area (Å²) in [5, 5.41) is 15.7. The van der Waals surface area contributed by atoms with E-state index in [0.717, 1.165) is 48.0 Å². The van der Waals surface area contributed by atoms with Crippen LogP contribution in [0.1, 0.15) is 47.5 Å². The molecule has 0 aromatic carbocycles. The Labute approximate surface area is 155 Å². The van der Waals surface area contributed by atoms with E-state index in [9.17, 15) is 0 Å². The van der Waals surface area contributed by atoms with Crippen LogP contribution in [0, 0.1) is 25.5 Å². The molecule has 4 heterocycles. The maximum atomic E-state index is 5.71. The average molecular weight is 372 g/mol. The molecule has 136 valence electrons. The lowest BCUT2D eigenvalue weighted by Gasteiger charge is -2.07. The molecule has 0 bridgehead atoms. The van der Waals surface area contributed by atoms with Gasteiger partial charge in [0.1, 0.15) is 11.9 Å². The van der Waals surface area contributed by atoms with Gasteiger partial charge in [-0.1, -0.05) is 5.16 Å². The highest BCUT2D eigenvalue weighted by Crippen LogP contribution is 2.27. The van der Waals surface area contributed by atoms with Crippen molar-refractivity contribution in [2.75, 3.05) is 6.61 Å². The molecule has 0 spiro atoms. The highest BCUT2D eigenvalue weighted by molar-refractivity contribution is 7.71. The lowest BCUT2D eigenvalue weighted by atomic mass is 10.2. The fraction of sp³-hybridized carbons (Fsp3) is 0.412. The first kappa shape index (κ1) is 16.9. The minimum atomic E-state index is -0.0642. The van der Waals surface area contributed by atoms with Crippen LogP contribution >= 0.6 is 12.2 Å². The van der Waals surface area contributed by atoms with Crippen molar-refractivity contribution in [1.82, 2.24) is 24.6 Å². The van der Waals surface area contributed by atoms with Gasteiger partial charge in [0, 0.05) is 29.6 Å². The van der Waals surface area contributed by atoms with Crippen molar-refractivity contribution in [1.29, 1.82) is 0 Å². The maximum absolute atomic E-state index is 5.71. The second kappa shape index (κ2) is 6.65. The largest absolute Gasteiger partial charge is 0.370 e. The summed E-state index contributed by atoms with van der Waals surface area (Å²) in [5.41, 5.74) is 3.05. The van der Waals surface area contributed by atoms with Crippen LogP contribution in [0.4, 0.5) is 0 Å². The van der Waals surface area contributed by atoms with Crippen LogP contribution in [-0.2, 0) is 4.74 Å². The maximum Gasteiger partial charge on any atom is 0.216 e. The molecule has 0 radical (unpaired) electrons. The molecule has 1 saturated heterocycles. The monoisotopic (exact) mass is 372 g/mol. The summed E-state index contributed by atoms with van der Waals surface area (Å²) in [6.07, 6.45) is 3.67. The summed E-state index contributed by atoms with van der Waals surface area (Å²) in [6.45, 7) is 6.66. The van der Waals surface area contributed by atoms with Gasteiger partial charge in [0.2, 0.25) is 4.77 Å². The number of aromatic amines is 1. The molecule has 1 N–H and O–H groups in total. The lowest BCUT2D eigenvalue weighted by molar-refractivity contribution is 0.102. The van der Waals surface area contributed by atoms with Crippen LogP contribution < -0.4 is 0 Å². The standard InChI is InChI=1S/C17H20N6O2S/c1-10-7-13(12(3)22(10)15-8-11(2)25-21-15)9-18-23-16(19-20-17(23)26)14-5-4-6-24-14/h7-9,14H,4-6H2,1-3H3,(H,20,26)/b18-9-/t14-/m1/s1. The Morgan fingerprint density at radius 3 is 2.88 bits per heavy atom. The topological polar surface area (TPSA) is 86.2 Å². The van der Waals surface area contributed by atoms with Crippen molar-refractivity contribution in [3.63, 3.8) is 0 Å². The van der Waals surface area contributed by atoms with E-state index in [1.165, 1.54) is 0 Å². The zero-order valence-electron chi connectivity index (χ0n) is 14.9. The van der Waals surface area contributed by atoms with Gasteiger partial charge in [-0.25, -0.2) is 0 Å². The summed E-state index contributed by atoms with van der Waals surface area (Å²) in [6, 6.07) is 3.96. The summed E-state index contributed by atoms with van der Waals surface area (Å²) in [5.74, 6) is 2.25. The second-order valence-electron chi connectivity index (χ2n) is 6.40. The average Bonchev–Trinajstić information content (AvgIpc) is 3.36. The van der Waals surface area contributed by atoms with Crippen LogP contribution in [0.3, 0.4) is 0 Å². The summed E-state index contributed by atoms with van der Waals surface area (Å²) in [4.78, 5) is 0. The van der Waals surface area contributed by atoms with Gasteiger partial charge in [-0.15, -0.1) is 0 Å². The van der Waals surface area contributed by atoms with E-state index in [4.69, 9.17) is 21.5 Å². The van der Waals surface area contributed by atoms with Crippen LogP contribution in [0.5, 0.6) is 0 Å². The Morgan fingerprint density at radius 1 is 1.35 bits per heavy atom. The van der Waals surface area contributed by atoms with Gasteiger partial charge in [-0.3, -0.25) is 9.67 Å². The van der Waals surface area contributed by atoms with Gasteiger partial charge in [0.15, 0.2) is 11.6 Å². The molecule has 26 heavy (non-hydrogen) atoms. The molecule has 0 aliphatic carbocycles. The minimum Gasteiger partial charge on any atom is -0.370 e. The van der Waals surface area contributed by atoms with Crippen LogP contribution in [0.2, 0.25) is 0 Å².